The van der Waals surface area contributed by atoms with Crippen molar-refractivity contribution >= 4 is 23.3 Å². The molecule has 8 heteroatoms. The molecule has 0 radical (unpaired) electrons. The molecule has 0 spiro atoms. The van der Waals surface area contributed by atoms with Crippen molar-refractivity contribution in [3.8, 4) is 5.75 Å². The standard InChI is InChI=1S/C15H18ClF3N2O2/c16-13(17)15(18,19)23-12-9-5-4-8-11(12)21-14(22)20-10-6-2-1-3-7-10/h4-5,8-10,13H,1-3,6-7H2,(H2,20,21,22)/t13-/m0/s1. The van der Waals surface area contributed by atoms with E-state index in [4.69, 9.17) is 11.6 Å². The van der Waals surface area contributed by atoms with E-state index in [0.29, 0.717) is 0 Å². The summed E-state index contributed by atoms with van der Waals surface area (Å²) >= 11 is 4.76. The molecule has 1 atom stereocenters. The maximum absolute atomic E-state index is 13.3. The lowest BCUT2D eigenvalue weighted by Crippen LogP contribution is -2.39. The highest BCUT2D eigenvalue weighted by Gasteiger charge is 2.42. The molecule has 1 aromatic rings. The zero-order chi connectivity index (χ0) is 16.9. The predicted molar refractivity (Wildman–Crippen MR) is 81.8 cm³/mol. The summed E-state index contributed by atoms with van der Waals surface area (Å²) in [6.45, 7) is 0. The molecule has 0 unspecified atom stereocenters. The van der Waals surface area contributed by atoms with Gasteiger partial charge >= 0.3 is 12.1 Å². The molecule has 1 aliphatic rings. The maximum Gasteiger partial charge on any atom is 0.444 e. The van der Waals surface area contributed by atoms with Crippen LogP contribution in [-0.4, -0.2) is 23.8 Å². The lowest BCUT2D eigenvalue weighted by Gasteiger charge is -2.24. The van der Waals surface area contributed by atoms with Crippen molar-refractivity contribution in [2.24, 2.45) is 0 Å². The van der Waals surface area contributed by atoms with Gasteiger partial charge in [0, 0.05) is 6.04 Å². The molecule has 2 rings (SSSR count). The van der Waals surface area contributed by atoms with E-state index in [9.17, 15) is 18.0 Å². The average Bonchev–Trinajstić information content (AvgIpc) is 2.50. The second-order valence-electron chi connectivity index (χ2n) is 5.39. The first-order chi connectivity index (χ1) is 10.9. The highest BCUT2D eigenvalue weighted by Crippen LogP contribution is 2.33. The van der Waals surface area contributed by atoms with Crippen LogP contribution in [-0.2, 0) is 0 Å². The smallest absolute Gasteiger partial charge is 0.427 e. The van der Waals surface area contributed by atoms with Gasteiger partial charge in [0.1, 0.15) is 5.75 Å². The van der Waals surface area contributed by atoms with Gasteiger partial charge < -0.3 is 15.4 Å². The van der Waals surface area contributed by atoms with Crippen molar-refractivity contribution in [1.29, 1.82) is 0 Å². The molecule has 0 heterocycles. The number of hydrogen-bond donors (Lipinski definition) is 2. The van der Waals surface area contributed by atoms with Gasteiger partial charge in [-0.1, -0.05) is 43.0 Å². The predicted octanol–water partition coefficient (Wildman–Crippen LogP) is 4.65. The fraction of sp³-hybridized carbons (Fsp3) is 0.533. The fourth-order valence-corrected chi connectivity index (χ4v) is 2.49. The van der Waals surface area contributed by atoms with Crippen LogP contribution in [0.5, 0.6) is 5.75 Å². The molecule has 2 N–H and O–H groups in total. The molecule has 128 valence electrons. The van der Waals surface area contributed by atoms with Crippen molar-refractivity contribution < 1.29 is 22.7 Å². The number of amides is 2. The molecule has 1 aliphatic carbocycles. The molecule has 1 fully saturated rings. The lowest BCUT2D eigenvalue weighted by atomic mass is 9.96. The number of nitrogens with one attached hydrogen (secondary N) is 2. The number of rotatable bonds is 5. The molecule has 2 amide bonds. The minimum Gasteiger partial charge on any atom is -0.427 e. The van der Waals surface area contributed by atoms with Gasteiger partial charge in [-0.05, 0) is 25.0 Å². The van der Waals surface area contributed by atoms with Crippen LogP contribution < -0.4 is 15.4 Å². The van der Waals surface area contributed by atoms with E-state index in [0.717, 1.165) is 32.1 Å². The van der Waals surface area contributed by atoms with Gasteiger partial charge in [0.2, 0.25) is 0 Å². The van der Waals surface area contributed by atoms with Crippen molar-refractivity contribution in [2.75, 3.05) is 5.32 Å². The van der Waals surface area contributed by atoms with Crippen molar-refractivity contribution in [2.45, 2.75) is 49.9 Å². The Bertz CT molecular complexity index is 537. The molecule has 0 saturated heterocycles. The summed E-state index contributed by atoms with van der Waals surface area (Å²) in [5.41, 5.74) is -2.98. The van der Waals surface area contributed by atoms with Crippen LogP contribution >= 0.6 is 11.6 Å². The lowest BCUT2D eigenvalue weighted by molar-refractivity contribution is -0.198. The third-order valence-electron chi connectivity index (χ3n) is 3.58. The highest BCUT2D eigenvalue weighted by atomic mass is 35.5. The van der Waals surface area contributed by atoms with Gasteiger partial charge in [0.15, 0.2) is 0 Å². The SMILES string of the molecule is O=C(Nc1ccccc1OC(F)(F)[C@H](F)Cl)NC1CCCCC1. The quantitative estimate of drug-likeness (QED) is 0.760. The average molecular weight is 351 g/mol. The van der Waals surface area contributed by atoms with E-state index in [-0.39, 0.29) is 17.5 Å². The Hall–Kier alpha value is -1.63. The summed E-state index contributed by atoms with van der Waals surface area (Å²) in [5, 5.41) is 5.23. The Morgan fingerprint density at radius 3 is 2.57 bits per heavy atom. The monoisotopic (exact) mass is 350 g/mol. The Kier molecular flexibility index (Phi) is 5.98. The molecular formula is C15H18ClF3N2O2. The van der Waals surface area contributed by atoms with E-state index in [2.05, 4.69) is 15.4 Å². The molecule has 1 aromatic carbocycles. The molecular weight excluding hydrogens is 333 g/mol. The molecule has 1 saturated carbocycles. The number of alkyl halides is 4. The largest absolute Gasteiger partial charge is 0.444 e. The number of para-hydroxylation sites is 2. The number of ether oxygens (including phenoxy) is 1. The first-order valence-electron chi connectivity index (χ1n) is 7.40. The second kappa shape index (κ2) is 7.77. The first kappa shape index (κ1) is 17.7. The summed E-state index contributed by atoms with van der Waals surface area (Å²) in [7, 11) is 0. The molecule has 23 heavy (non-hydrogen) atoms. The van der Waals surface area contributed by atoms with Gasteiger partial charge in [-0.3, -0.25) is 0 Å². The van der Waals surface area contributed by atoms with E-state index < -0.39 is 17.8 Å². The summed E-state index contributed by atoms with van der Waals surface area (Å²) in [6, 6.07) is 5.10. The van der Waals surface area contributed by atoms with Gasteiger partial charge in [-0.2, -0.15) is 8.78 Å². The fourth-order valence-electron chi connectivity index (χ4n) is 2.44. The Balaban J connectivity index is 2.00. The maximum atomic E-state index is 13.3. The van der Waals surface area contributed by atoms with Crippen molar-refractivity contribution in [3.63, 3.8) is 0 Å². The highest BCUT2D eigenvalue weighted by molar-refractivity contribution is 6.20. The number of benzene rings is 1. The Morgan fingerprint density at radius 1 is 1.26 bits per heavy atom. The van der Waals surface area contributed by atoms with Gasteiger partial charge in [-0.15, -0.1) is 0 Å². The van der Waals surface area contributed by atoms with E-state index in [1.165, 1.54) is 24.3 Å². The van der Waals surface area contributed by atoms with Crippen LogP contribution in [0.2, 0.25) is 0 Å². The van der Waals surface area contributed by atoms with Crippen molar-refractivity contribution in [3.05, 3.63) is 24.3 Å². The van der Waals surface area contributed by atoms with Crippen LogP contribution in [0.3, 0.4) is 0 Å². The number of anilines is 1. The minimum absolute atomic E-state index is 0.0119. The van der Waals surface area contributed by atoms with Crippen LogP contribution in [0.4, 0.5) is 23.7 Å². The van der Waals surface area contributed by atoms with E-state index >= 15 is 0 Å². The summed E-state index contributed by atoms with van der Waals surface area (Å²) < 4.78 is 43.5. The second-order valence-corrected chi connectivity index (χ2v) is 5.78. The topological polar surface area (TPSA) is 50.4 Å². The molecule has 0 aliphatic heterocycles. The summed E-state index contributed by atoms with van der Waals surface area (Å²) in [4.78, 5) is 12.0. The zero-order valence-electron chi connectivity index (χ0n) is 12.3. The van der Waals surface area contributed by atoms with E-state index in [1.807, 2.05) is 0 Å². The van der Waals surface area contributed by atoms with Gasteiger partial charge in [0.05, 0.1) is 5.69 Å². The van der Waals surface area contributed by atoms with Crippen LogP contribution in [0.25, 0.3) is 0 Å². The molecule has 0 bridgehead atoms. The third-order valence-corrected chi connectivity index (χ3v) is 3.83. The Morgan fingerprint density at radius 2 is 1.91 bits per heavy atom. The molecule has 0 aromatic heterocycles. The first-order valence-corrected chi connectivity index (χ1v) is 7.83. The summed E-state index contributed by atoms with van der Waals surface area (Å²) in [5.74, 6) is -0.361. The van der Waals surface area contributed by atoms with Crippen LogP contribution in [0, 0.1) is 0 Å². The van der Waals surface area contributed by atoms with Crippen molar-refractivity contribution in [1.82, 2.24) is 5.32 Å². The molecule has 4 nitrogen and oxygen atoms in total. The number of urea groups is 1. The van der Waals surface area contributed by atoms with Crippen LogP contribution in [0.15, 0.2) is 24.3 Å². The Labute approximate surface area is 137 Å². The van der Waals surface area contributed by atoms with Crippen LogP contribution in [0.1, 0.15) is 32.1 Å². The van der Waals surface area contributed by atoms with Gasteiger partial charge in [-0.25, -0.2) is 9.18 Å². The zero-order valence-corrected chi connectivity index (χ0v) is 13.1. The van der Waals surface area contributed by atoms with E-state index in [1.54, 1.807) is 0 Å². The minimum atomic E-state index is -4.20. The number of halogens is 4. The summed E-state index contributed by atoms with van der Waals surface area (Å²) in [6.07, 6.45) is 0.821. The number of carbonyl (C=O) groups excluding carboxylic acids is 1. The number of carbonyl (C=O) groups is 1. The van der Waals surface area contributed by atoms with Gasteiger partial charge in [0.25, 0.3) is 5.63 Å². The normalized spacial score (nSPS) is 17.4. The number of hydrogen-bond acceptors (Lipinski definition) is 2. The third kappa shape index (κ3) is 5.20.